The number of carbonyl (C=O) groups excluding carboxylic acids is 1. The van der Waals surface area contributed by atoms with Crippen LogP contribution in [0.15, 0.2) is 24.3 Å². The maximum Gasteiger partial charge on any atom is 0.262 e. The first-order valence-electron chi connectivity index (χ1n) is 8.89. The predicted octanol–water partition coefficient (Wildman–Crippen LogP) is 1.83. The van der Waals surface area contributed by atoms with Gasteiger partial charge in [-0.3, -0.25) is 4.79 Å². The van der Waals surface area contributed by atoms with Gasteiger partial charge in [-0.25, -0.2) is 0 Å². The molecular formula is C18H25N3O3S. The van der Waals surface area contributed by atoms with Gasteiger partial charge in [-0.15, -0.1) is 0 Å². The number of hydrogen-bond acceptors (Lipinski definition) is 4. The van der Waals surface area contributed by atoms with Crippen LogP contribution in [0.2, 0.25) is 0 Å². The highest BCUT2D eigenvalue weighted by atomic mass is 32.1. The Morgan fingerprint density at radius 3 is 2.96 bits per heavy atom. The molecule has 0 saturated carbocycles. The average molecular weight is 363 g/mol. The van der Waals surface area contributed by atoms with E-state index in [4.69, 9.17) is 21.7 Å². The first-order valence-corrected chi connectivity index (χ1v) is 9.30. The van der Waals surface area contributed by atoms with Gasteiger partial charge in [0.15, 0.2) is 11.2 Å². The fourth-order valence-corrected chi connectivity index (χ4v) is 3.28. The summed E-state index contributed by atoms with van der Waals surface area (Å²) in [5.74, 6) is 0.565. The Morgan fingerprint density at radius 1 is 1.36 bits per heavy atom. The van der Waals surface area contributed by atoms with Gasteiger partial charge in [-0.05, 0) is 43.6 Å². The molecule has 1 aromatic rings. The van der Waals surface area contributed by atoms with Crippen LogP contribution in [0.5, 0.6) is 5.75 Å². The number of amides is 1. The summed E-state index contributed by atoms with van der Waals surface area (Å²) in [6.45, 7) is 4.56. The van der Waals surface area contributed by atoms with Crippen molar-refractivity contribution in [3.8, 4) is 5.75 Å². The highest BCUT2D eigenvalue weighted by Crippen LogP contribution is 2.33. The van der Waals surface area contributed by atoms with Crippen molar-refractivity contribution in [1.29, 1.82) is 0 Å². The van der Waals surface area contributed by atoms with Crippen LogP contribution in [0, 0.1) is 0 Å². The van der Waals surface area contributed by atoms with Crippen LogP contribution < -0.4 is 20.3 Å². The van der Waals surface area contributed by atoms with E-state index in [0.29, 0.717) is 30.5 Å². The minimum absolute atomic E-state index is 0.108. The summed E-state index contributed by atoms with van der Waals surface area (Å²) in [6, 6.07) is 7.65. The van der Waals surface area contributed by atoms with Gasteiger partial charge in [0.25, 0.3) is 5.91 Å². The van der Waals surface area contributed by atoms with Crippen molar-refractivity contribution in [2.75, 3.05) is 31.1 Å². The van der Waals surface area contributed by atoms with E-state index in [9.17, 15) is 4.79 Å². The highest BCUT2D eigenvalue weighted by Gasteiger charge is 2.32. The summed E-state index contributed by atoms with van der Waals surface area (Å²) < 4.78 is 11.5. The van der Waals surface area contributed by atoms with Crippen molar-refractivity contribution in [2.24, 2.45) is 0 Å². The standard InChI is InChI=1S/C18H25N3O3S/c1-2-9-19-17(22)16-12-21(14-7-3-4-8-15(14)24-16)18(25)20-11-13-6-5-10-23-13/h3-4,7-8,13,16H,2,5-6,9-12H2,1H3,(H,19,22)(H,20,25)/t13-,16-/m1/s1. The molecule has 0 spiro atoms. The van der Waals surface area contributed by atoms with Crippen molar-refractivity contribution in [2.45, 2.75) is 38.4 Å². The molecule has 6 nitrogen and oxygen atoms in total. The lowest BCUT2D eigenvalue weighted by atomic mass is 10.2. The molecule has 1 fully saturated rings. The molecule has 0 radical (unpaired) electrons. The summed E-state index contributed by atoms with van der Waals surface area (Å²) in [6.07, 6.45) is 2.67. The van der Waals surface area contributed by atoms with Crippen molar-refractivity contribution >= 4 is 28.9 Å². The number of para-hydroxylation sites is 2. The van der Waals surface area contributed by atoms with Gasteiger partial charge < -0.3 is 25.0 Å². The molecular weight excluding hydrogens is 338 g/mol. The largest absolute Gasteiger partial charge is 0.477 e. The molecule has 1 amide bonds. The summed E-state index contributed by atoms with van der Waals surface area (Å²) in [7, 11) is 0. The first-order chi connectivity index (χ1) is 12.2. The van der Waals surface area contributed by atoms with Crippen LogP contribution in [0.3, 0.4) is 0 Å². The molecule has 2 atom stereocenters. The van der Waals surface area contributed by atoms with Crippen molar-refractivity contribution in [3.05, 3.63) is 24.3 Å². The summed E-state index contributed by atoms with van der Waals surface area (Å²) in [4.78, 5) is 14.3. The molecule has 2 N–H and O–H groups in total. The normalized spacial score (nSPS) is 22.0. The summed E-state index contributed by atoms with van der Waals surface area (Å²) in [5, 5.41) is 6.77. The zero-order valence-electron chi connectivity index (χ0n) is 14.5. The van der Waals surface area contributed by atoms with Crippen LogP contribution in [0.4, 0.5) is 5.69 Å². The molecule has 0 aliphatic carbocycles. The molecule has 1 aromatic carbocycles. The number of fused-ring (bicyclic) bond motifs is 1. The molecule has 7 heteroatoms. The number of benzene rings is 1. The van der Waals surface area contributed by atoms with E-state index in [1.165, 1.54) is 0 Å². The minimum Gasteiger partial charge on any atom is -0.477 e. The van der Waals surface area contributed by atoms with Crippen LogP contribution in [-0.4, -0.2) is 49.5 Å². The first kappa shape index (κ1) is 17.9. The second-order valence-corrected chi connectivity index (χ2v) is 6.68. The number of thiocarbonyl (C=S) groups is 1. The number of carbonyl (C=O) groups is 1. The van der Waals surface area contributed by atoms with Gasteiger partial charge in [0.2, 0.25) is 0 Å². The molecule has 2 aliphatic heterocycles. The number of rotatable bonds is 5. The third-order valence-corrected chi connectivity index (χ3v) is 4.73. The third kappa shape index (κ3) is 4.41. The number of nitrogens with one attached hydrogen (secondary N) is 2. The van der Waals surface area contributed by atoms with E-state index in [-0.39, 0.29) is 12.0 Å². The Labute approximate surface area is 153 Å². The Bertz CT molecular complexity index is 619. The van der Waals surface area contributed by atoms with E-state index >= 15 is 0 Å². The predicted molar refractivity (Wildman–Crippen MR) is 101 cm³/mol. The number of anilines is 1. The maximum atomic E-state index is 12.4. The molecule has 0 unspecified atom stereocenters. The number of nitrogens with zero attached hydrogens (tertiary/aromatic N) is 1. The Kier molecular flexibility index (Phi) is 6.09. The van der Waals surface area contributed by atoms with Gasteiger partial charge in [-0.2, -0.15) is 0 Å². The second kappa shape index (κ2) is 8.49. The minimum atomic E-state index is -0.580. The van der Waals surface area contributed by atoms with E-state index in [0.717, 1.165) is 31.6 Å². The number of ether oxygens (including phenoxy) is 2. The topological polar surface area (TPSA) is 62.8 Å². The van der Waals surface area contributed by atoms with Gasteiger partial charge in [0.05, 0.1) is 18.3 Å². The van der Waals surface area contributed by atoms with Crippen LogP contribution in [-0.2, 0) is 9.53 Å². The summed E-state index contributed by atoms with van der Waals surface area (Å²) in [5.41, 5.74) is 0.881. The van der Waals surface area contributed by atoms with E-state index < -0.39 is 6.10 Å². The zero-order valence-corrected chi connectivity index (χ0v) is 15.3. The van der Waals surface area contributed by atoms with Crippen LogP contribution >= 0.6 is 12.2 Å². The Morgan fingerprint density at radius 2 is 2.20 bits per heavy atom. The van der Waals surface area contributed by atoms with Crippen molar-refractivity contribution < 1.29 is 14.3 Å². The maximum absolute atomic E-state index is 12.4. The number of hydrogen-bond donors (Lipinski definition) is 2. The molecule has 136 valence electrons. The second-order valence-electron chi connectivity index (χ2n) is 6.30. The zero-order chi connectivity index (χ0) is 17.6. The highest BCUT2D eigenvalue weighted by molar-refractivity contribution is 7.80. The fourth-order valence-electron chi connectivity index (χ4n) is 3.03. The lowest BCUT2D eigenvalue weighted by Crippen LogP contribution is -2.53. The molecule has 0 bridgehead atoms. The van der Waals surface area contributed by atoms with Gasteiger partial charge in [0, 0.05) is 19.7 Å². The monoisotopic (exact) mass is 363 g/mol. The van der Waals surface area contributed by atoms with Gasteiger partial charge >= 0.3 is 0 Å². The van der Waals surface area contributed by atoms with E-state index in [1.807, 2.05) is 36.1 Å². The third-order valence-electron chi connectivity index (χ3n) is 4.37. The molecule has 3 rings (SSSR count). The van der Waals surface area contributed by atoms with Crippen molar-refractivity contribution in [1.82, 2.24) is 10.6 Å². The molecule has 1 saturated heterocycles. The van der Waals surface area contributed by atoms with Crippen LogP contribution in [0.1, 0.15) is 26.2 Å². The molecule has 2 aliphatic rings. The van der Waals surface area contributed by atoms with E-state index in [2.05, 4.69) is 10.6 Å². The Balaban J connectivity index is 1.69. The van der Waals surface area contributed by atoms with E-state index in [1.54, 1.807) is 0 Å². The van der Waals surface area contributed by atoms with Crippen molar-refractivity contribution in [3.63, 3.8) is 0 Å². The van der Waals surface area contributed by atoms with Crippen LogP contribution in [0.25, 0.3) is 0 Å². The molecule has 2 heterocycles. The van der Waals surface area contributed by atoms with Gasteiger partial charge in [0.1, 0.15) is 5.75 Å². The van der Waals surface area contributed by atoms with Gasteiger partial charge in [-0.1, -0.05) is 19.1 Å². The lowest BCUT2D eigenvalue weighted by Gasteiger charge is -2.36. The molecule has 0 aromatic heterocycles. The molecule has 25 heavy (non-hydrogen) atoms. The fraction of sp³-hybridized carbons (Fsp3) is 0.556. The average Bonchev–Trinajstić information content (AvgIpc) is 3.16. The Hall–Kier alpha value is -1.86. The summed E-state index contributed by atoms with van der Waals surface area (Å²) >= 11 is 5.58. The quantitative estimate of drug-likeness (QED) is 0.779. The SMILES string of the molecule is CCCNC(=O)[C@H]1CN(C(=S)NC[C@H]2CCCO2)c2ccccc2O1. The smallest absolute Gasteiger partial charge is 0.262 e. The lowest BCUT2D eigenvalue weighted by molar-refractivity contribution is -0.127.